The van der Waals surface area contributed by atoms with E-state index in [1.807, 2.05) is 6.07 Å². The van der Waals surface area contributed by atoms with Crippen LogP contribution in [-0.2, 0) is 11.2 Å². The van der Waals surface area contributed by atoms with Crippen LogP contribution in [0.25, 0.3) is 0 Å². The molecule has 0 bridgehead atoms. The quantitative estimate of drug-likeness (QED) is 0.798. The molecule has 1 saturated heterocycles. The highest BCUT2D eigenvalue weighted by atomic mass is 16.5. The fourth-order valence-corrected chi connectivity index (χ4v) is 2.37. The highest BCUT2D eigenvalue weighted by Crippen LogP contribution is 2.18. The van der Waals surface area contributed by atoms with E-state index in [2.05, 4.69) is 43.0 Å². The van der Waals surface area contributed by atoms with Crippen LogP contribution in [0.3, 0.4) is 0 Å². The van der Waals surface area contributed by atoms with E-state index >= 15 is 0 Å². The van der Waals surface area contributed by atoms with Gasteiger partial charge in [0.15, 0.2) is 0 Å². The molecule has 1 atom stereocenters. The molecule has 0 radical (unpaired) electrons. The zero-order chi connectivity index (χ0) is 15.9. The van der Waals surface area contributed by atoms with Crippen LogP contribution in [0.15, 0.2) is 6.07 Å². The van der Waals surface area contributed by atoms with Gasteiger partial charge < -0.3 is 14.8 Å². The Kier molecular flexibility index (Phi) is 6.43. The minimum absolute atomic E-state index is 0.295. The number of nitrogens with one attached hydrogen (secondary N) is 1. The molecule has 2 rings (SSSR count). The van der Waals surface area contributed by atoms with Crippen LogP contribution in [0.2, 0.25) is 0 Å². The molecule has 22 heavy (non-hydrogen) atoms. The zero-order valence-electron chi connectivity index (χ0n) is 14.3. The lowest BCUT2D eigenvalue weighted by molar-refractivity contribution is 0.120. The number of hydrogen-bond acceptors (Lipinski definition) is 5. The number of ether oxygens (including phenoxy) is 2. The molecule has 1 aromatic heterocycles. The normalized spacial score (nSPS) is 18.2. The molecule has 1 aliphatic rings. The standard InChI is InChI=1S/C17H29N3O2/c1-12(2)8-16-19-15(18-10-14-6-5-7-21-14)9-17(20-16)22-11-13(3)4/h9,12-14H,5-8,10-11H2,1-4H3,(H,18,19,20). The first-order chi connectivity index (χ1) is 10.5. The third-order valence-corrected chi connectivity index (χ3v) is 3.44. The molecule has 0 saturated carbocycles. The van der Waals surface area contributed by atoms with Crippen molar-refractivity contribution in [3.05, 3.63) is 11.9 Å². The maximum Gasteiger partial charge on any atom is 0.218 e. The predicted octanol–water partition coefficient (Wildman–Crippen LogP) is 3.30. The smallest absolute Gasteiger partial charge is 0.218 e. The van der Waals surface area contributed by atoms with Crippen molar-refractivity contribution in [3.63, 3.8) is 0 Å². The van der Waals surface area contributed by atoms with Gasteiger partial charge in [0.1, 0.15) is 11.6 Å². The summed E-state index contributed by atoms with van der Waals surface area (Å²) in [6, 6.07) is 1.89. The first-order valence-corrected chi connectivity index (χ1v) is 8.39. The summed E-state index contributed by atoms with van der Waals surface area (Å²) in [6.07, 6.45) is 3.42. The minimum Gasteiger partial charge on any atom is -0.477 e. The molecule has 1 N–H and O–H groups in total. The van der Waals surface area contributed by atoms with Gasteiger partial charge in [-0.25, -0.2) is 4.98 Å². The van der Waals surface area contributed by atoms with Crippen LogP contribution in [0.1, 0.15) is 46.4 Å². The lowest BCUT2D eigenvalue weighted by atomic mass is 10.1. The molecule has 5 heteroatoms. The van der Waals surface area contributed by atoms with Gasteiger partial charge in [0.25, 0.3) is 0 Å². The van der Waals surface area contributed by atoms with E-state index < -0.39 is 0 Å². The Morgan fingerprint density at radius 2 is 2.09 bits per heavy atom. The van der Waals surface area contributed by atoms with Crippen LogP contribution >= 0.6 is 0 Å². The Labute approximate surface area is 133 Å². The molecule has 1 aliphatic heterocycles. The maximum atomic E-state index is 5.78. The second-order valence-electron chi connectivity index (χ2n) is 6.83. The minimum atomic E-state index is 0.295. The van der Waals surface area contributed by atoms with Gasteiger partial charge in [-0.1, -0.05) is 27.7 Å². The van der Waals surface area contributed by atoms with Crippen molar-refractivity contribution in [2.24, 2.45) is 11.8 Å². The van der Waals surface area contributed by atoms with Gasteiger partial charge in [-0.3, -0.25) is 0 Å². The van der Waals surface area contributed by atoms with E-state index in [4.69, 9.17) is 9.47 Å². The van der Waals surface area contributed by atoms with Gasteiger partial charge in [0, 0.05) is 25.6 Å². The van der Waals surface area contributed by atoms with Gasteiger partial charge in [0.05, 0.1) is 12.7 Å². The fraction of sp³-hybridized carbons (Fsp3) is 0.765. The lowest BCUT2D eigenvalue weighted by Crippen LogP contribution is -2.19. The Bertz CT molecular complexity index is 457. The van der Waals surface area contributed by atoms with Gasteiger partial charge >= 0.3 is 0 Å². The van der Waals surface area contributed by atoms with Gasteiger partial charge in [-0.2, -0.15) is 4.98 Å². The molecule has 0 aromatic carbocycles. The SMILES string of the molecule is CC(C)COc1cc(NCC2CCCO2)nc(CC(C)C)n1. The lowest BCUT2D eigenvalue weighted by Gasteiger charge is -2.14. The molecule has 2 heterocycles. The second-order valence-corrected chi connectivity index (χ2v) is 6.83. The molecular weight excluding hydrogens is 278 g/mol. The molecular formula is C17H29N3O2. The van der Waals surface area contributed by atoms with Crippen LogP contribution in [0.5, 0.6) is 5.88 Å². The highest BCUT2D eigenvalue weighted by Gasteiger charge is 2.16. The summed E-state index contributed by atoms with van der Waals surface area (Å²) in [5.41, 5.74) is 0. The first kappa shape index (κ1) is 17.0. The van der Waals surface area contributed by atoms with E-state index in [0.717, 1.165) is 44.1 Å². The van der Waals surface area contributed by atoms with Crippen LogP contribution in [0, 0.1) is 11.8 Å². The fourth-order valence-electron chi connectivity index (χ4n) is 2.37. The number of hydrogen-bond donors (Lipinski definition) is 1. The van der Waals surface area contributed by atoms with E-state index in [1.54, 1.807) is 0 Å². The third-order valence-electron chi connectivity index (χ3n) is 3.44. The number of aromatic nitrogens is 2. The van der Waals surface area contributed by atoms with Crippen molar-refractivity contribution in [2.45, 2.75) is 53.1 Å². The number of anilines is 1. The van der Waals surface area contributed by atoms with Gasteiger partial charge in [-0.05, 0) is 24.7 Å². The van der Waals surface area contributed by atoms with Gasteiger partial charge in [-0.15, -0.1) is 0 Å². The predicted molar refractivity (Wildman–Crippen MR) is 88.4 cm³/mol. The van der Waals surface area contributed by atoms with Crippen molar-refractivity contribution >= 4 is 5.82 Å². The maximum absolute atomic E-state index is 5.78. The average Bonchev–Trinajstić information content (AvgIpc) is 2.95. The summed E-state index contributed by atoms with van der Waals surface area (Å²) in [5, 5.41) is 3.37. The molecule has 1 aromatic rings. The monoisotopic (exact) mass is 307 g/mol. The highest BCUT2D eigenvalue weighted by molar-refractivity contribution is 5.38. The first-order valence-electron chi connectivity index (χ1n) is 8.39. The zero-order valence-corrected chi connectivity index (χ0v) is 14.3. The molecule has 0 spiro atoms. The summed E-state index contributed by atoms with van der Waals surface area (Å²) in [7, 11) is 0. The summed E-state index contributed by atoms with van der Waals surface area (Å²) >= 11 is 0. The van der Waals surface area contributed by atoms with Crippen LogP contribution in [-0.4, -0.2) is 35.8 Å². The summed E-state index contributed by atoms with van der Waals surface area (Å²) in [6.45, 7) is 10.9. The number of rotatable bonds is 8. The van der Waals surface area contributed by atoms with E-state index in [-0.39, 0.29) is 0 Å². The van der Waals surface area contributed by atoms with Crippen LogP contribution in [0.4, 0.5) is 5.82 Å². The topological polar surface area (TPSA) is 56.3 Å². The summed E-state index contributed by atoms with van der Waals surface area (Å²) in [4.78, 5) is 9.12. The summed E-state index contributed by atoms with van der Waals surface area (Å²) in [5.74, 6) is 3.33. The van der Waals surface area contributed by atoms with E-state index in [9.17, 15) is 0 Å². The average molecular weight is 307 g/mol. The Hall–Kier alpha value is -1.36. The van der Waals surface area contributed by atoms with Gasteiger partial charge in [0.2, 0.25) is 5.88 Å². The summed E-state index contributed by atoms with van der Waals surface area (Å²) < 4.78 is 11.4. The second kappa shape index (κ2) is 8.32. The Balaban J connectivity index is 2.02. The van der Waals surface area contributed by atoms with Crippen LogP contribution < -0.4 is 10.1 Å². The molecule has 5 nitrogen and oxygen atoms in total. The molecule has 124 valence electrons. The van der Waals surface area contributed by atoms with Crippen molar-refractivity contribution in [3.8, 4) is 5.88 Å². The van der Waals surface area contributed by atoms with Crippen molar-refractivity contribution < 1.29 is 9.47 Å². The molecule has 0 amide bonds. The largest absolute Gasteiger partial charge is 0.477 e. The van der Waals surface area contributed by atoms with Crippen molar-refractivity contribution in [1.29, 1.82) is 0 Å². The number of nitrogens with zero attached hydrogens (tertiary/aromatic N) is 2. The molecule has 0 aliphatic carbocycles. The van der Waals surface area contributed by atoms with E-state index in [1.165, 1.54) is 0 Å². The van der Waals surface area contributed by atoms with E-state index in [0.29, 0.717) is 30.4 Å². The third kappa shape index (κ3) is 5.79. The van der Waals surface area contributed by atoms with Crippen molar-refractivity contribution in [2.75, 3.05) is 25.1 Å². The Morgan fingerprint density at radius 3 is 2.73 bits per heavy atom. The molecule has 1 fully saturated rings. The molecule has 1 unspecified atom stereocenters. The Morgan fingerprint density at radius 1 is 1.27 bits per heavy atom. The van der Waals surface area contributed by atoms with Crippen molar-refractivity contribution in [1.82, 2.24) is 9.97 Å².